The van der Waals surface area contributed by atoms with Crippen molar-refractivity contribution in [1.29, 1.82) is 0 Å². The number of amides is 2. The molecule has 0 saturated carbocycles. The van der Waals surface area contributed by atoms with Crippen molar-refractivity contribution in [3.05, 3.63) is 39.7 Å². The van der Waals surface area contributed by atoms with Crippen LogP contribution in [-0.2, 0) is 0 Å². The number of fused-ring (bicyclic) bond motifs is 1. The van der Waals surface area contributed by atoms with E-state index >= 15 is 0 Å². The van der Waals surface area contributed by atoms with Gasteiger partial charge in [0.05, 0.1) is 9.74 Å². The smallest absolute Gasteiger partial charge is 0.465 e. The Labute approximate surface area is 196 Å². The Bertz CT molecular complexity index is 1030. The lowest BCUT2D eigenvalue weighted by atomic mass is 10.0. The molecule has 0 unspecified atom stereocenters. The molecule has 2 N–H and O–H groups in total. The van der Waals surface area contributed by atoms with Crippen LogP contribution in [0.25, 0.3) is 11.1 Å². The summed E-state index contributed by atoms with van der Waals surface area (Å²) in [4.78, 5) is 25.5. The van der Waals surface area contributed by atoms with Gasteiger partial charge in [-0.25, -0.2) is 4.79 Å². The van der Waals surface area contributed by atoms with E-state index in [2.05, 4.69) is 32.6 Å². The minimum Gasteiger partial charge on any atom is -0.465 e. The Morgan fingerprint density at radius 2 is 2.00 bits per heavy atom. The molecule has 0 fully saturated rings. The fourth-order valence-corrected chi connectivity index (χ4v) is 4.84. The van der Waals surface area contributed by atoms with Gasteiger partial charge in [-0.15, -0.1) is 13.2 Å². The van der Waals surface area contributed by atoms with E-state index in [4.69, 9.17) is 0 Å². The first-order valence-electron chi connectivity index (χ1n) is 9.83. The van der Waals surface area contributed by atoms with Crippen LogP contribution >= 0.6 is 22.6 Å². The number of hydrogen-bond acceptors (Lipinski definition) is 3. The van der Waals surface area contributed by atoms with E-state index in [1.165, 1.54) is 23.1 Å². The highest BCUT2D eigenvalue weighted by atomic mass is 127. The summed E-state index contributed by atoms with van der Waals surface area (Å²) < 4.78 is 44.3. The van der Waals surface area contributed by atoms with Crippen LogP contribution in [0.4, 0.5) is 18.0 Å². The number of carboxylic acid groups (broad SMARTS) is 1. The molecule has 1 aliphatic rings. The van der Waals surface area contributed by atoms with E-state index in [9.17, 15) is 27.9 Å². The second-order valence-corrected chi connectivity index (χ2v) is 9.46. The lowest BCUT2D eigenvalue weighted by Crippen LogP contribution is -2.47. The number of benzene rings is 1. The molecule has 0 radical (unpaired) electrons. The number of aromatic nitrogens is 1. The first-order chi connectivity index (χ1) is 14.8. The first kappa shape index (κ1) is 24.2. The number of nitrogens with one attached hydrogen (secondary N) is 1. The van der Waals surface area contributed by atoms with Gasteiger partial charge in [0.25, 0.3) is 5.91 Å². The molecular formula is C21H23F3IN3O4. The Balaban J connectivity index is 1.93. The minimum atomic E-state index is -4.81. The Hall–Kier alpha value is -2.44. The normalized spacial score (nSPS) is 16.3. The zero-order chi connectivity index (χ0) is 23.8. The molecular weight excluding hydrogens is 542 g/mol. The SMILES string of the molecule is CC(C)(C)N(CC[C@H]1CNC(=O)c2cc(-c3cccc(OC(F)(F)F)c3)c(I)n21)C(=O)O. The van der Waals surface area contributed by atoms with Gasteiger partial charge in [0.1, 0.15) is 11.4 Å². The van der Waals surface area contributed by atoms with Gasteiger partial charge in [0.15, 0.2) is 0 Å². The van der Waals surface area contributed by atoms with Crippen molar-refractivity contribution < 1.29 is 32.6 Å². The molecule has 1 atom stereocenters. The molecule has 1 aromatic heterocycles. The highest BCUT2D eigenvalue weighted by Gasteiger charge is 2.33. The minimum absolute atomic E-state index is 0.206. The van der Waals surface area contributed by atoms with Crippen LogP contribution in [0.2, 0.25) is 0 Å². The van der Waals surface area contributed by atoms with Crippen molar-refractivity contribution >= 4 is 34.6 Å². The summed E-state index contributed by atoms with van der Waals surface area (Å²) in [6, 6.07) is 7.01. The second-order valence-electron chi connectivity index (χ2n) is 8.44. The van der Waals surface area contributed by atoms with Gasteiger partial charge in [0, 0.05) is 24.2 Å². The maximum absolute atomic E-state index is 12.6. The van der Waals surface area contributed by atoms with Crippen molar-refractivity contribution in [2.75, 3.05) is 13.1 Å². The maximum atomic E-state index is 12.6. The van der Waals surface area contributed by atoms with Gasteiger partial charge in [-0.2, -0.15) is 0 Å². The van der Waals surface area contributed by atoms with E-state index in [1.54, 1.807) is 12.1 Å². The number of nitrogens with zero attached hydrogens (tertiary/aromatic N) is 2. The molecule has 0 bridgehead atoms. The Morgan fingerprint density at radius 3 is 2.59 bits per heavy atom. The molecule has 32 heavy (non-hydrogen) atoms. The van der Waals surface area contributed by atoms with Crippen LogP contribution < -0.4 is 10.1 Å². The van der Waals surface area contributed by atoms with Crippen molar-refractivity contribution in [2.45, 2.75) is 45.1 Å². The molecule has 2 aromatic rings. The zero-order valence-electron chi connectivity index (χ0n) is 17.7. The molecule has 2 heterocycles. The number of rotatable bonds is 5. The fraction of sp³-hybridized carbons (Fsp3) is 0.429. The van der Waals surface area contributed by atoms with Crippen LogP contribution in [0.5, 0.6) is 5.75 Å². The zero-order valence-corrected chi connectivity index (χ0v) is 19.8. The van der Waals surface area contributed by atoms with E-state index < -0.39 is 18.0 Å². The van der Waals surface area contributed by atoms with Crippen LogP contribution in [0.3, 0.4) is 0 Å². The molecule has 1 aliphatic heterocycles. The van der Waals surface area contributed by atoms with Gasteiger partial charge in [-0.1, -0.05) is 12.1 Å². The highest BCUT2D eigenvalue weighted by Crippen LogP contribution is 2.36. The molecule has 11 heteroatoms. The third kappa shape index (κ3) is 5.30. The standard InChI is InChI=1S/C21H23F3IN3O4/c1-20(2,3)27(19(30)31)8-7-13-11-26-18(29)16-10-15(17(25)28(13)16)12-5-4-6-14(9-12)32-21(22,23)24/h4-6,9-10,13H,7-8,11H2,1-3H3,(H,26,29)(H,30,31)/t13-/m0/s1. The topological polar surface area (TPSA) is 83.8 Å². The predicted octanol–water partition coefficient (Wildman–Crippen LogP) is 5.11. The summed E-state index contributed by atoms with van der Waals surface area (Å²) >= 11 is 2.06. The number of carbonyl (C=O) groups excluding carboxylic acids is 1. The maximum Gasteiger partial charge on any atom is 0.573 e. The number of ether oxygens (including phenoxy) is 1. The number of halogens is 4. The summed E-state index contributed by atoms with van der Waals surface area (Å²) in [5.41, 5.74) is 0.869. The van der Waals surface area contributed by atoms with E-state index in [1.807, 2.05) is 25.3 Å². The van der Waals surface area contributed by atoms with Crippen LogP contribution in [-0.4, -0.2) is 51.6 Å². The Kier molecular flexibility index (Phi) is 6.68. The van der Waals surface area contributed by atoms with Crippen LogP contribution in [0.1, 0.15) is 43.7 Å². The summed E-state index contributed by atoms with van der Waals surface area (Å²) in [5, 5.41) is 12.4. The third-order valence-corrected chi connectivity index (χ3v) is 6.28. The van der Waals surface area contributed by atoms with Crippen molar-refractivity contribution in [1.82, 2.24) is 14.8 Å². The lowest BCUT2D eigenvalue weighted by molar-refractivity contribution is -0.274. The lowest BCUT2D eigenvalue weighted by Gasteiger charge is -2.35. The van der Waals surface area contributed by atoms with Crippen LogP contribution in [0, 0.1) is 3.70 Å². The van der Waals surface area contributed by atoms with Gasteiger partial charge in [-0.05, 0) is 73.5 Å². The molecule has 3 rings (SSSR count). The molecule has 0 aliphatic carbocycles. The Morgan fingerprint density at radius 1 is 1.31 bits per heavy atom. The summed E-state index contributed by atoms with van der Waals surface area (Å²) in [5.74, 6) is -0.641. The molecule has 0 saturated heterocycles. The van der Waals surface area contributed by atoms with Gasteiger partial charge in [-0.3, -0.25) is 4.79 Å². The average Bonchev–Trinajstić information content (AvgIpc) is 3.00. The summed E-state index contributed by atoms with van der Waals surface area (Å²) in [7, 11) is 0. The van der Waals surface area contributed by atoms with Gasteiger partial charge >= 0.3 is 12.5 Å². The average molecular weight is 565 g/mol. The summed E-state index contributed by atoms with van der Waals surface area (Å²) in [6.45, 7) is 6.01. The number of carbonyl (C=O) groups is 2. The third-order valence-electron chi connectivity index (χ3n) is 5.18. The first-order valence-corrected chi connectivity index (χ1v) is 10.9. The molecule has 1 aromatic carbocycles. The second kappa shape index (κ2) is 8.83. The fourth-order valence-electron chi connectivity index (χ4n) is 3.72. The largest absolute Gasteiger partial charge is 0.573 e. The molecule has 7 nitrogen and oxygen atoms in total. The van der Waals surface area contributed by atoms with E-state index in [0.717, 1.165) is 0 Å². The number of hydrogen-bond donors (Lipinski definition) is 2. The van der Waals surface area contributed by atoms with Gasteiger partial charge < -0.3 is 24.6 Å². The van der Waals surface area contributed by atoms with E-state index in [-0.39, 0.29) is 24.2 Å². The molecule has 174 valence electrons. The molecule has 2 amide bonds. The van der Waals surface area contributed by atoms with Gasteiger partial charge in [0.2, 0.25) is 0 Å². The quantitative estimate of drug-likeness (QED) is 0.494. The van der Waals surface area contributed by atoms with Crippen molar-refractivity contribution in [3.63, 3.8) is 0 Å². The summed E-state index contributed by atoms with van der Waals surface area (Å²) in [6.07, 6.45) is -5.38. The monoisotopic (exact) mass is 565 g/mol. The van der Waals surface area contributed by atoms with Crippen molar-refractivity contribution in [2.24, 2.45) is 0 Å². The van der Waals surface area contributed by atoms with Crippen molar-refractivity contribution in [3.8, 4) is 16.9 Å². The highest BCUT2D eigenvalue weighted by molar-refractivity contribution is 14.1. The molecule has 0 spiro atoms. The van der Waals surface area contributed by atoms with E-state index in [0.29, 0.717) is 33.5 Å². The number of alkyl halides is 3. The van der Waals surface area contributed by atoms with Crippen LogP contribution in [0.15, 0.2) is 30.3 Å². The predicted molar refractivity (Wildman–Crippen MR) is 120 cm³/mol.